The van der Waals surface area contributed by atoms with Gasteiger partial charge in [0.05, 0.1) is 0 Å². The monoisotopic (exact) mass is 311 g/mol. The summed E-state index contributed by atoms with van der Waals surface area (Å²) in [5.41, 5.74) is -0.115. The van der Waals surface area contributed by atoms with E-state index in [1.807, 2.05) is 0 Å². The first-order valence-corrected chi connectivity index (χ1v) is 7.46. The highest BCUT2D eigenvalue weighted by Crippen LogP contribution is 2.27. The molecule has 1 atom stereocenters. The van der Waals surface area contributed by atoms with Crippen LogP contribution in [0.1, 0.15) is 47.0 Å². The van der Waals surface area contributed by atoms with Crippen LogP contribution in [0.2, 0.25) is 0 Å². The number of amides is 1. The van der Waals surface area contributed by atoms with E-state index < -0.39 is 6.09 Å². The topological polar surface area (TPSA) is 95.8 Å². The van der Waals surface area contributed by atoms with Crippen molar-refractivity contribution in [3.05, 3.63) is 12.1 Å². The van der Waals surface area contributed by atoms with Gasteiger partial charge in [0.25, 0.3) is 0 Å². The van der Waals surface area contributed by atoms with Gasteiger partial charge in [-0.15, -0.1) is 4.73 Å². The van der Waals surface area contributed by atoms with E-state index in [9.17, 15) is 15.0 Å². The van der Waals surface area contributed by atoms with Crippen molar-refractivity contribution in [3.63, 3.8) is 0 Å². The van der Waals surface area contributed by atoms with E-state index in [-0.39, 0.29) is 28.9 Å². The first-order valence-electron chi connectivity index (χ1n) is 7.46. The summed E-state index contributed by atoms with van der Waals surface area (Å²) in [6.07, 6.45) is 1.79. The van der Waals surface area contributed by atoms with Crippen molar-refractivity contribution in [3.8, 4) is 11.8 Å². The molecule has 0 aromatic carbocycles. The van der Waals surface area contributed by atoms with E-state index in [0.717, 1.165) is 19.3 Å². The summed E-state index contributed by atoms with van der Waals surface area (Å²) >= 11 is 0. The summed E-state index contributed by atoms with van der Waals surface area (Å²) in [7, 11) is 0. The minimum Gasteiger partial charge on any atom is -0.492 e. The Bertz CT molecular complexity index is 531. The molecule has 0 saturated carbocycles. The third-order valence-corrected chi connectivity index (χ3v) is 3.85. The summed E-state index contributed by atoms with van der Waals surface area (Å²) in [6.45, 7) is 8.49. The molecular weight excluding hydrogens is 286 g/mol. The first kappa shape index (κ1) is 16.5. The standard InChI is InChI=1S/C15H25N3O4/c1-14(2)8-7-10(9-15(3,4)17-14)16-13(21)22-18-11(19)5-6-12(18)20/h5-6,10,17,19-20H,7-9H2,1-4H3,(H,16,21). The molecule has 2 rings (SSSR count). The number of rotatable bonds is 2. The van der Waals surface area contributed by atoms with Crippen molar-refractivity contribution < 1.29 is 19.8 Å². The van der Waals surface area contributed by atoms with Gasteiger partial charge in [-0.05, 0) is 47.0 Å². The molecule has 1 aromatic heterocycles. The number of hydrogen-bond donors (Lipinski definition) is 4. The van der Waals surface area contributed by atoms with E-state index >= 15 is 0 Å². The summed E-state index contributed by atoms with van der Waals surface area (Å²) in [4.78, 5) is 16.9. The fraction of sp³-hybridized carbons (Fsp3) is 0.667. The Morgan fingerprint density at radius 3 is 2.45 bits per heavy atom. The fourth-order valence-corrected chi connectivity index (χ4v) is 3.18. The molecule has 1 aliphatic rings. The lowest BCUT2D eigenvalue weighted by molar-refractivity contribution is 0.104. The van der Waals surface area contributed by atoms with Gasteiger partial charge in [-0.25, -0.2) is 4.79 Å². The number of carbonyl (C=O) groups is 1. The zero-order valence-corrected chi connectivity index (χ0v) is 13.5. The molecule has 22 heavy (non-hydrogen) atoms. The van der Waals surface area contributed by atoms with Gasteiger partial charge in [0.1, 0.15) is 0 Å². The van der Waals surface area contributed by atoms with Gasteiger partial charge in [0.2, 0.25) is 11.8 Å². The van der Waals surface area contributed by atoms with Crippen LogP contribution in [0.5, 0.6) is 11.8 Å². The number of hydrogen-bond acceptors (Lipinski definition) is 5. The third kappa shape index (κ3) is 4.07. The van der Waals surface area contributed by atoms with Gasteiger partial charge >= 0.3 is 6.09 Å². The van der Waals surface area contributed by atoms with Crippen LogP contribution in [-0.4, -0.2) is 38.2 Å². The Kier molecular flexibility index (Phi) is 4.28. The van der Waals surface area contributed by atoms with Crippen LogP contribution in [0.15, 0.2) is 12.1 Å². The Balaban J connectivity index is 1.99. The average Bonchev–Trinajstić information content (AvgIpc) is 2.60. The van der Waals surface area contributed by atoms with E-state index in [4.69, 9.17) is 4.84 Å². The highest BCUT2D eigenvalue weighted by atomic mass is 16.7. The first-order chi connectivity index (χ1) is 10.1. The van der Waals surface area contributed by atoms with E-state index in [0.29, 0.717) is 4.73 Å². The van der Waals surface area contributed by atoms with Gasteiger partial charge in [-0.3, -0.25) is 0 Å². The molecule has 1 aromatic rings. The maximum atomic E-state index is 12.0. The smallest absolute Gasteiger partial charge is 0.432 e. The van der Waals surface area contributed by atoms with E-state index in [1.165, 1.54) is 12.1 Å². The predicted molar refractivity (Wildman–Crippen MR) is 81.8 cm³/mol. The Hall–Kier alpha value is -1.89. The van der Waals surface area contributed by atoms with Crippen LogP contribution >= 0.6 is 0 Å². The minimum atomic E-state index is -0.706. The molecule has 4 N–H and O–H groups in total. The maximum absolute atomic E-state index is 12.0. The normalized spacial score (nSPS) is 23.5. The molecule has 7 nitrogen and oxygen atoms in total. The van der Waals surface area contributed by atoms with Crippen molar-refractivity contribution in [1.29, 1.82) is 0 Å². The minimum absolute atomic E-state index is 0.000793. The predicted octanol–water partition coefficient (Wildman–Crippen LogP) is 1.74. The highest BCUT2D eigenvalue weighted by molar-refractivity contribution is 5.68. The van der Waals surface area contributed by atoms with Gasteiger partial charge in [-0.2, -0.15) is 0 Å². The van der Waals surface area contributed by atoms with Crippen molar-refractivity contribution >= 4 is 6.09 Å². The lowest BCUT2D eigenvalue weighted by Gasteiger charge is -2.34. The highest BCUT2D eigenvalue weighted by Gasteiger charge is 2.35. The fourth-order valence-electron chi connectivity index (χ4n) is 3.18. The maximum Gasteiger partial charge on any atom is 0.432 e. The summed E-state index contributed by atoms with van der Waals surface area (Å²) in [5.74, 6) is -0.673. The van der Waals surface area contributed by atoms with Crippen molar-refractivity contribution in [2.75, 3.05) is 0 Å². The molecule has 1 aliphatic heterocycles. The molecular formula is C15H25N3O4. The Labute approximate surface area is 130 Å². The van der Waals surface area contributed by atoms with Crippen LogP contribution in [0.3, 0.4) is 0 Å². The second-order valence-corrected chi connectivity index (χ2v) is 7.20. The van der Waals surface area contributed by atoms with Gasteiger partial charge < -0.3 is 25.7 Å². The summed E-state index contributed by atoms with van der Waals surface area (Å²) < 4.78 is 0.680. The molecule has 1 saturated heterocycles. The molecule has 1 fully saturated rings. The summed E-state index contributed by atoms with van der Waals surface area (Å²) in [5, 5.41) is 25.3. The second kappa shape index (κ2) is 5.72. The van der Waals surface area contributed by atoms with Crippen LogP contribution in [-0.2, 0) is 0 Å². The third-order valence-electron chi connectivity index (χ3n) is 3.85. The number of nitrogens with zero attached hydrogens (tertiary/aromatic N) is 1. The van der Waals surface area contributed by atoms with Crippen molar-refractivity contribution in [1.82, 2.24) is 15.4 Å². The Morgan fingerprint density at radius 1 is 1.27 bits per heavy atom. The van der Waals surface area contributed by atoms with E-state index in [1.54, 1.807) is 0 Å². The second-order valence-electron chi connectivity index (χ2n) is 7.20. The van der Waals surface area contributed by atoms with Crippen LogP contribution < -0.4 is 15.5 Å². The molecule has 0 spiro atoms. The SMILES string of the molecule is CC1(C)CCC(NC(=O)On2c(O)ccc2O)CC(C)(C)N1. The molecule has 1 unspecified atom stereocenters. The molecule has 1 amide bonds. The van der Waals surface area contributed by atoms with Crippen LogP contribution in [0, 0.1) is 0 Å². The quantitative estimate of drug-likeness (QED) is 0.667. The van der Waals surface area contributed by atoms with Gasteiger partial charge in [0.15, 0.2) is 0 Å². The molecule has 0 radical (unpaired) electrons. The van der Waals surface area contributed by atoms with Crippen molar-refractivity contribution in [2.45, 2.75) is 64.1 Å². The summed E-state index contributed by atoms with van der Waals surface area (Å²) in [6, 6.07) is 2.43. The number of carbonyl (C=O) groups excluding carboxylic acids is 1. The van der Waals surface area contributed by atoms with Crippen molar-refractivity contribution in [2.24, 2.45) is 0 Å². The van der Waals surface area contributed by atoms with E-state index in [2.05, 4.69) is 38.3 Å². The number of nitrogens with one attached hydrogen (secondary N) is 2. The number of aromatic hydroxyl groups is 2. The molecule has 0 aliphatic carbocycles. The average molecular weight is 311 g/mol. The molecule has 7 heteroatoms. The molecule has 0 bridgehead atoms. The number of aromatic nitrogens is 1. The van der Waals surface area contributed by atoms with Gasteiger partial charge in [-0.1, -0.05) is 0 Å². The molecule has 2 heterocycles. The molecule has 124 valence electrons. The van der Waals surface area contributed by atoms with Gasteiger partial charge in [0, 0.05) is 29.3 Å². The lowest BCUT2D eigenvalue weighted by atomic mass is 9.95. The van der Waals surface area contributed by atoms with Crippen LogP contribution in [0.25, 0.3) is 0 Å². The zero-order valence-electron chi connectivity index (χ0n) is 13.5. The lowest BCUT2D eigenvalue weighted by Crippen LogP contribution is -2.51. The zero-order chi connectivity index (χ0) is 16.5. The largest absolute Gasteiger partial charge is 0.492 e. The Morgan fingerprint density at radius 2 is 1.86 bits per heavy atom. The van der Waals surface area contributed by atoms with Crippen LogP contribution in [0.4, 0.5) is 4.79 Å².